The monoisotopic (exact) mass is 326 g/mol. The lowest BCUT2D eigenvalue weighted by molar-refractivity contribution is -0.311. The maximum absolute atomic E-state index is 6.18. The molecule has 4 aliphatic rings. The van der Waals surface area contributed by atoms with Crippen LogP contribution in [0.25, 0.3) is 0 Å². The lowest BCUT2D eigenvalue weighted by Gasteiger charge is -2.49. The highest BCUT2D eigenvalue weighted by molar-refractivity contribution is 8.02. The van der Waals surface area contributed by atoms with Crippen molar-refractivity contribution >= 4 is 11.8 Å². The Morgan fingerprint density at radius 3 is 1.86 bits per heavy atom. The normalized spacial score (nSPS) is 35.2. The summed E-state index contributed by atoms with van der Waals surface area (Å²) in [5, 5.41) is 0. The zero-order valence-electron chi connectivity index (χ0n) is 14.0. The minimum Gasteiger partial charge on any atom is -0.349 e. The number of hydrogen-bond donors (Lipinski definition) is 2. The van der Waals surface area contributed by atoms with Gasteiger partial charge in [0.2, 0.25) is 0 Å². The van der Waals surface area contributed by atoms with Gasteiger partial charge in [0.25, 0.3) is 0 Å². The maximum atomic E-state index is 6.18. The summed E-state index contributed by atoms with van der Waals surface area (Å²) < 4.78 is 12.4. The van der Waals surface area contributed by atoms with Crippen LogP contribution in [0.3, 0.4) is 0 Å². The van der Waals surface area contributed by atoms with Gasteiger partial charge in [0.15, 0.2) is 5.79 Å². The molecule has 0 radical (unpaired) electrons. The van der Waals surface area contributed by atoms with Crippen molar-refractivity contribution in [3.63, 3.8) is 0 Å². The summed E-state index contributed by atoms with van der Waals surface area (Å²) in [6, 6.07) is 0. The lowest BCUT2D eigenvalue weighted by Crippen LogP contribution is -2.55. The third-order valence-electron chi connectivity index (χ3n) is 5.84. The zero-order valence-corrected chi connectivity index (χ0v) is 14.8. The van der Waals surface area contributed by atoms with E-state index in [0.29, 0.717) is 4.87 Å². The summed E-state index contributed by atoms with van der Waals surface area (Å²) in [5.74, 6) is -0.300. The second-order valence-corrected chi connectivity index (χ2v) is 10.3. The van der Waals surface area contributed by atoms with Crippen molar-refractivity contribution in [1.29, 1.82) is 0 Å². The van der Waals surface area contributed by atoms with Crippen molar-refractivity contribution in [1.82, 2.24) is 10.9 Å². The number of thioether (sulfide) groups is 1. The number of hydrazine groups is 1. The number of rotatable bonds is 0. The molecule has 2 heterocycles. The van der Waals surface area contributed by atoms with Gasteiger partial charge in [0, 0.05) is 18.3 Å². The fraction of sp³-hybridized carbons (Fsp3) is 1.00. The largest absolute Gasteiger partial charge is 0.349 e. The molecule has 22 heavy (non-hydrogen) atoms. The predicted octanol–water partition coefficient (Wildman–Crippen LogP) is 3.53. The van der Waals surface area contributed by atoms with Crippen molar-refractivity contribution in [2.75, 3.05) is 13.2 Å². The van der Waals surface area contributed by atoms with Crippen LogP contribution in [0.2, 0.25) is 0 Å². The molecule has 2 aliphatic carbocycles. The molecule has 0 aromatic rings. The Morgan fingerprint density at radius 1 is 0.727 bits per heavy atom. The summed E-state index contributed by atoms with van der Waals surface area (Å²) in [5.41, 5.74) is 7.50. The average molecular weight is 327 g/mol. The van der Waals surface area contributed by atoms with E-state index in [-0.39, 0.29) is 16.1 Å². The second-order valence-electron chi connectivity index (χ2n) is 8.55. The van der Waals surface area contributed by atoms with E-state index in [9.17, 15) is 0 Å². The molecule has 0 aromatic heterocycles. The van der Waals surface area contributed by atoms with Gasteiger partial charge in [-0.15, -0.1) is 11.8 Å². The number of nitrogens with one attached hydrogen (secondary N) is 2. The first-order valence-corrected chi connectivity index (χ1v) is 9.79. The van der Waals surface area contributed by atoms with Crippen molar-refractivity contribution in [3.05, 3.63) is 0 Å². The van der Waals surface area contributed by atoms with Crippen LogP contribution in [0.5, 0.6) is 0 Å². The zero-order chi connectivity index (χ0) is 15.3. The molecule has 4 fully saturated rings. The van der Waals surface area contributed by atoms with Crippen LogP contribution in [0.4, 0.5) is 0 Å². The maximum Gasteiger partial charge on any atom is 0.168 e. The molecule has 4 nitrogen and oxygen atoms in total. The van der Waals surface area contributed by atoms with Crippen LogP contribution in [-0.2, 0) is 9.47 Å². The van der Waals surface area contributed by atoms with Crippen molar-refractivity contribution in [2.45, 2.75) is 87.2 Å². The number of hydrogen-bond acceptors (Lipinski definition) is 5. The molecule has 0 bridgehead atoms. The van der Waals surface area contributed by atoms with E-state index in [1.54, 1.807) is 0 Å². The Labute approximate surface area is 138 Å². The summed E-state index contributed by atoms with van der Waals surface area (Å²) in [7, 11) is 0. The highest BCUT2D eigenvalue weighted by atomic mass is 32.2. The van der Waals surface area contributed by atoms with Crippen LogP contribution in [0.15, 0.2) is 0 Å². The third kappa shape index (κ3) is 2.84. The Kier molecular flexibility index (Phi) is 3.82. The van der Waals surface area contributed by atoms with Crippen LogP contribution in [0.1, 0.15) is 71.6 Å². The predicted molar refractivity (Wildman–Crippen MR) is 89.3 cm³/mol. The molecule has 0 atom stereocenters. The molecule has 0 aromatic carbocycles. The van der Waals surface area contributed by atoms with Gasteiger partial charge in [-0.25, -0.2) is 10.9 Å². The van der Waals surface area contributed by atoms with Crippen LogP contribution in [-0.4, -0.2) is 28.7 Å². The summed E-state index contributed by atoms with van der Waals surface area (Å²) >= 11 is 2.17. The minimum absolute atomic E-state index is 0.161. The van der Waals surface area contributed by atoms with E-state index < -0.39 is 0 Å². The van der Waals surface area contributed by atoms with Gasteiger partial charge in [-0.2, -0.15) is 0 Å². The van der Waals surface area contributed by atoms with Gasteiger partial charge < -0.3 is 9.47 Å². The molecule has 4 rings (SSSR count). The molecule has 2 saturated heterocycles. The molecule has 126 valence electrons. The van der Waals surface area contributed by atoms with Crippen LogP contribution in [0, 0.1) is 5.41 Å². The molecular formula is C17H30N2O2S. The summed E-state index contributed by atoms with van der Waals surface area (Å²) in [6.07, 6.45) is 11.0. The molecule has 2 N–H and O–H groups in total. The third-order valence-corrected chi connectivity index (χ3v) is 7.64. The summed E-state index contributed by atoms with van der Waals surface area (Å²) in [4.78, 5) is 0.487. The van der Waals surface area contributed by atoms with Crippen molar-refractivity contribution < 1.29 is 9.47 Å². The Balaban J connectivity index is 1.38. The SMILES string of the molecule is CC1(C)COC2(CCC3(CC2)NNC2(CCCCC2)S3)OC1. The molecular weight excluding hydrogens is 296 g/mol. The quantitative estimate of drug-likeness (QED) is 0.713. The Bertz CT molecular complexity index is 414. The number of ether oxygens (including phenoxy) is 2. The molecule has 2 aliphatic heterocycles. The molecule has 5 heteroatoms. The topological polar surface area (TPSA) is 42.5 Å². The average Bonchev–Trinajstić information content (AvgIpc) is 2.85. The fourth-order valence-corrected chi connectivity index (χ4v) is 6.14. The van der Waals surface area contributed by atoms with Gasteiger partial charge in [-0.05, 0) is 25.7 Å². The fourth-order valence-electron chi connectivity index (χ4n) is 4.29. The van der Waals surface area contributed by atoms with E-state index in [1.807, 2.05) is 0 Å². The highest BCUT2D eigenvalue weighted by Crippen LogP contribution is 2.54. The van der Waals surface area contributed by atoms with E-state index in [0.717, 1.165) is 38.9 Å². The van der Waals surface area contributed by atoms with Crippen molar-refractivity contribution in [2.24, 2.45) is 5.41 Å². The second kappa shape index (κ2) is 5.35. The minimum atomic E-state index is -0.300. The Hall–Kier alpha value is 0.190. The van der Waals surface area contributed by atoms with E-state index >= 15 is 0 Å². The first-order chi connectivity index (χ1) is 10.4. The van der Waals surface area contributed by atoms with Crippen molar-refractivity contribution in [3.8, 4) is 0 Å². The molecule has 0 amide bonds. The molecule has 3 spiro atoms. The van der Waals surface area contributed by atoms with E-state index in [2.05, 4.69) is 36.5 Å². The first kappa shape index (κ1) is 15.7. The molecule has 0 unspecified atom stereocenters. The van der Waals surface area contributed by atoms with Gasteiger partial charge in [0.1, 0.15) is 0 Å². The van der Waals surface area contributed by atoms with Gasteiger partial charge in [0.05, 0.1) is 23.0 Å². The van der Waals surface area contributed by atoms with Crippen LogP contribution < -0.4 is 10.9 Å². The van der Waals surface area contributed by atoms with E-state index in [4.69, 9.17) is 9.47 Å². The lowest BCUT2D eigenvalue weighted by atomic mass is 9.87. The van der Waals surface area contributed by atoms with Crippen LogP contribution >= 0.6 is 11.8 Å². The standard InChI is InChI=1S/C17H30N2O2S/c1-14(2)12-20-17(21-13-14)10-8-16(9-11-17)19-18-15(22-16)6-4-3-5-7-15/h18-19H,3-13H2,1-2H3. The highest BCUT2D eigenvalue weighted by Gasteiger charge is 2.54. The molecule has 2 saturated carbocycles. The smallest absolute Gasteiger partial charge is 0.168 e. The Morgan fingerprint density at radius 2 is 1.27 bits per heavy atom. The van der Waals surface area contributed by atoms with Gasteiger partial charge >= 0.3 is 0 Å². The first-order valence-electron chi connectivity index (χ1n) is 8.97. The van der Waals surface area contributed by atoms with E-state index in [1.165, 1.54) is 32.1 Å². The van der Waals surface area contributed by atoms with Gasteiger partial charge in [-0.3, -0.25) is 0 Å². The summed E-state index contributed by atoms with van der Waals surface area (Å²) in [6.45, 7) is 6.08. The van der Waals surface area contributed by atoms with Gasteiger partial charge in [-0.1, -0.05) is 33.1 Å².